The summed E-state index contributed by atoms with van der Waals surface area (Å²) in [6.07, 6.45) is 5.04. The number of carbonyl (C=O) groups excluding carboxylic acids is 2. The summed E-state index contributed by atoms with van der Waals surface area (Å²) in [7, 11) is 0. The lowest BCUT2D eigenvalue weighted by Crippen LogP contribution is -2.43. The van der Waals surface area contributed by atoms with Crippen molar-refractivity contribution in [2.45, 2.75) is 37.0 Å². The molecule has 3 rings (SSSR count). The molecule has 5 heteroatoms. The molecule has 0 radical (unpaired) electrons. The lowest BCUT2D eigenvalue weighted by Gasteiger charge is -2.26. The van der Waals surface area contributed by atoms with E-state index in [2.05, 4.69) is 0 Å². The summed E-state index contributed by atoms with van der Waals surface area (Å²) in [5, 5.41) is 0. The number of hydrogen-bond donors (Lipinski definition) is 0. The highest BCUT2D eigenvalue weighted by Crippen LogP contribution is 2.33. The molecule has 0 aliphatic carbocycles. The first-order chi connectivity index (χ1) is 10.8. The fourth-order valence-corrected chi connectivity index (χ4v) is 4.05. The number of hydrogen-bond acceptors (Lipinski definition) is 3. The number of thioether (sulfide) groups is 1. The zero-order valence-electron chi connectivity index (χ0n) is 12.8. The molecule has 0 unspecified atom stereocenters. The fourth-order valence-electron chi connectivity index (χ4n) is 3.05. The highest BCUT2D eigenvalue weighted by Gasteiger charge is 2.26. The monoisotopic (exact) mass is 318 g/mol. The van der Waals surface area contributed by atoms with Crippen LogP contribution in [0.2, 0.25) is 0 Å². The van der Waals surface area contributed by atoms with E-state index in [0.29, 0.717) is 6.42 Å². The summed E-state index contributed by atoms with van der Waals surface area (Å²) in [5.74, 6) is 0.919. The van der Waals surface area contributed by atoms with Crippen LogP contribution in [0, 0.1) is 0 Å². The van der Waals surface area contributed by atoms with Crippen molar-refractivity contribution < 1.29 is 9.59 Å². The molecule has 4 nitrogen and oxygen atoms in total. The molecule has 0 N–H and O–H groups in total. The number of nitrogens with zero attached hydrogens (tertiary/aromatic N) is 2. The summed E-state index contributed by atoms with van der Waals surface area (Å²) < 4.78 is 0. The van der Waals surface area contributed by atoms with E-state index in [1.807, 2.05) is 29.2 Å². The topological polar surface area (TPSA) is 40.6 Å². The van der Waals surface area contributed by atoms with Crippen LogP contribution in [0.5, 0.6) is 0 Å². The van der Waals surface area contributed by atoms with Crippen LogP contribution in [-0.2, 0) is 9.59 Å². The molecule has 2 amide bonds. The number of likely N-dealkylation sites (tertiary alicyclic amines) is 1. The molecule has 1 fully saturated rings. The highest BCUT2D eigenvalue weighted by molar-refractivity contribution is 7.99. The minimum atomic E-state index is 0.0561. The number of benzene rings is 1. The van der Waals surface area contributed by atoms with Crippen LogP contribution in [0.3, 0.4) is 0 Å². The molecule has 2 aliphatic rings. The lowest BCUT2D eigenvalue weighted by atomic mass is 10.2. The molecule has 118 valence electrons. The normalized spacial score (nSPS) is 19.4. The van der Waals surface area contributed by atoms with E-state index in [-0.39, 0.29) is 18.4 Å². The molecular formula is C17H22N2O2S. The number of anilines is 1. The van der Waals surface area contributed by atoms with Gasteiger partial charge in [0.2, 0.25) is 11.8 Å². The first-order valence-corrected chi connectivity index (χ1v) is 9.04. The Balaban J connectivity index is 1.77. The molecule has 1 aromatic rings. The maximum absolute atomic E-state index is 12.6. The quantitative estimate of drug-likeness (QED) is 0.842. The second kappa shape index (κ2) is 7.18. The van der Waals surface area contributed by atoms with Crippen LogP contribution in [-0.4, -0.2) is 42.1 Å². The standard InChI is InChI=1S/C17H22N2O2S/c20-16-9-12-22-15-8-4-3-7-14(15)19(16)13-17(21)18-10-5-1-2-6-11-18/h3-4,7-8H,1-2,5-6,9-13H2. The molecule has 2 heterocycles. The zero-order valence-corrected chi connectivity index (χ0v) is 13.6. The van der Waals surface area contributed by atoms with Crippen molar-refractivity contribution in [3.63, 3.8) is 0 Å². The molecule has 0 bridgehead atoms. The van der Waals surface area contributed by atoms with Crippen LogP contribution >= 0.6 is 11.8 Å². The van der Waals surface area contributed by atoms with E-state index in [1.54, 1.807) is 16.7 Å². The summed E-state index contributed by atoms with van der Waals surface area (Å²) >= 11 is 1.70. The smallest absolute Gasteiger partial charge is 0.242 e. The Bertz CT molecular complexity index is 553. The van der Waals surface area contributed by atoms with Gasteiger partial charge in [0.1, 0.15) is 6.54 Å². The molecule has 1 saturated heterocycles. The molecular weight excluding hydrogens is 296 g/mol. The SMILES string of the molecule is O=C(CN1C(=O)CCSc2ccccc21)N1CCCCCC1. The van der Waals surface area contributed by atoms with Crippen LogP contribution in [0.1, 0.15) is 32.1 Å². The van der Waals surface area contributed by atoms with Gasteiger partial charge in [-0.05, 0) is 25.0 Å². The van der Waals surface area contributed by atoms with Gasteiger partial charge in [-0.3, -0.25) is 9.59 Å². The minimum absolute atomic E-state index is 0.0561. The average Bonchev–Trinajstić information content (AvgIpc) is 2.88. The van der Waals surface area contributed by atoms with Crippen LogP contribution in [0.15, 0.2) is 29.2 Å². The Morgan fingerprint density at radius 1 is 1.09 bits per heavy atom. The predicted octanol–water partition coefficient (Wildman–Crippen LogP) is 2.92. The maximum Gasteiger partial charge on any atom is 0.242 e. The summed E-state index contributed by atoms with van der Waals surface area (Å²) in [6.45, 7) is 1.84. The van der Waals surface area contributed by atoms with Crippen LogP contribution in [0.4, 0.5) is 5.69 Å². The Hall–Kier alpha value is -1.49. The van der Waals surface area contributed by atoms with Gasteiger partial charge < -0.3 is 9.80 Å². The summed E-state index contributed by atoms with van der Waals surface area (Å²) in [6, 6.07) is 7.89. The van der Waals surface area contributed by atoms with E-state index in [1.165, 1.54) is 12.8 Å². The lowest BCUT2D eigenvalue weighted by molar-refractivity contribution is -0.131. The maximum atomic E-state index is 12.6. The first kappa shape index (κ1) is 15.4. The van der Waals surface area contributed by atoms with Crippen molar-refractivity contribution in [1.29, 1.82) is 0 Å². The second-order valence-electron chi connectivity index (χ2n) is 5.84. The van der Waals surface area contributed by atoms with Gasteiger partial charge >= 0.3 is 0 Å². The number of carbonyl (C=O) groups is 2. The van der Waals surface area contributed by atoms with Crippen molar-refractivity contribution in [1.82, 2.24) is 4.90 Å². The summed E-state index contributed by atoms with van der Waals surface area (Å²) in [5.41, 5.74) is 0.887. The van der Waals surface area contributed by atoms with E-state index in [9.17, 15) is 9.59 Å². The third-order valence-electron chi connectivity index (χ3n) is 4.28. The van der Waals surface area contributed by atoms with Gasteiger partial charge in [0.05, 0.1) is 5.69 Å². The Labute approximate surface area is 135 Å². The van der Waals surface area contributed by atoms with Gasteiger partial charge in [0.15, 0.2) is 0 Å². The largest absolute Gasteiger partial charge is 0.341 e. The molecule has 0 aromatic heterocycles. The van der Waals surface area contributed by atoms with E-state index in [0.717, 1.165) is 42.3 Å². The number of fused-ring (bicyclic) bond motifs is 1. The Morgan fingerprint density at radius 2 is 1.82 bits per heavy atom. The third kappa shape index (κ3) is 3.46. The summed E-state index contributed by atoms with van der Waals surface area (Å²) in [4.78, 5) is 29.7. The van der Waals surface area contributed by atoms with Gasteiger partial charge in [-0.15, -0.1) is 11.8 Å². The highest BCUT2D eigenvalue weighted by atomic mass is 32.2. The van der Waals surface area contributed by atoms with Gasteiger partial charge in [0.25, 0.3) is 0 Å². The number of rotatable bonds is 2. The molecule has 0 atom stereocenters. The van der Waals surface area contributed by atoms with Gasteiger partial charge in [-0.2, -0.15) is 0 Å². The minimum Gasteiger partial charge on any atom is -0.341 e. The average molecular weight is 318 g/mol. The van der Waals surface area contributed by atoms with Crippen molar-refractivity contribution in [2.24, 2.45) is 0 Å². The predicted molar refractivity (Wildman–Crippen MR) is 89.2 cm³/mol. The van der Waals surface area contributed by atoms with Gasteiger partial charge in [-0.1, -0.05) is 25.0 Å². The molecule has 0 spiro atoms. The number of amides is 2. The Kier molecular flexibility index (Phi) is 5.03. The third-order valence-corrected chi connectivity index (χ3v) is 5.35. The van der Waals surface area contributed by atoms with Crippen molar-refractivity contribution in [3.8, 4) is 0 Å². The van der Waals surface area contributed by atoms with Crippen molar-refractivity contribution in [2.75, 3.05) is 30.3 Å². The second-order valence-corrected chi connectivity index (χ2v) is 6.98. The molecule has 22 heavy (non-hydrogen) atoms. The first-order valence-electron chi connectivity index (χ1n) is 8.06. The molecule has 0 saturated carbocycles. The van der Waals surface area contributed by atoms with Crippen LogP contribution in [0.25, 0.3) is 0 Å². The van der Waals surface area contributed by atoms with Crippen molar-refractivity contribution >= 4 is 29.3 Å². The van der Waals surface area contributed by atoms with E-state index < -0.39 is 0 Å². The zero-order chi connectivity index (χ0) is 15.4. The fraction of sp³-hybridized carbons (Fsp3) is 0.529. The van der Waals surface area contributed by atoms with E-state index >= 15 is 0 Å². The van der Waals surface area contributed by atoms with Crippen LogP contribution < -0.4 is 4.90 Å². The number of para-hydroxylation sites is 1. The molecule has 2 aliphatic heterocycles. The van der Waals surface area contributed by atoms with Crippen molar-refractivity contribution in [3.05, 3.63) is 24.3 Å². The molecule has 1 aromatic carbocycles. The van der Waals surface area contributed by atoms with Gasteiger partial charge in [-0.25, -0.2) is 0 Å². The Morgan fingerprint density at radius 3 is 2.59 bits per heavy atom. The van der Waals surface area contributed by atoms with Gasteiger partial charge in [0, 0.05) is 30.2 Å². The van der Waals surface area contributed by atoms with E-state index in [4.69, 9.17) is 0 Å².